The predicted octanol–water partition coefficient (Wildman–Crippen LogP) is 1.60. The SMILES string of the molecule is CC1NCCc2cc(CN/C=C(\C=N)Cc3cc(N)nc(NN)c3N)ccc21. The van der Waals surface area contributed by atoms with E-state index in [4.69, 9.17) is 22.7 Å². The van der Waals surface area contributed by atoms with Gasteiger partial charge in [0.15, 0.2) is 5.82 Å². The molecule has 1 aromatic heterocycles. The minimum Gasteiger partial charge on any atom is -0.395 e. The summed E-state index contributed by atoms with van der Waals surface area (Å²) in [5.74, 6) is 6.09. The molecule has 2 heterocycles. The van der Waals surface area contributed by atoms with Gasteiger partial charge in [-0.2, -0.15) is 0 Å². The molecule has 1 aromatic carbocycles. The van der Waals surface area contributed by atoms with Crippen molar-refractivity contribution in [2.24, 2.45) is 5.84 Å². The molecule has 28 heavy (non-hydrogen) atoms. The van der Waals surface area contributed by atoms with Gasteiger partial charge in [0.1, 0.15) is 5.82 Å². The minimum absolute atomic E-state index is 0.326. The van der Waals surface area contributed by atoms with Crippen molar-refractivity contribution in [2.75, 3.05) is 23.4 Å². The highest BCUT2D eigenvalue weighted by atomic mass is 15.3. The van der Waals surface area contributed by atoms with Crippen LogP contribution < -0.4 is 33.4 Å². The molecule has 2 aromatic rings. The van der Waals surface area contributed by atoms with Gasteiger partial charge in [0.25, 0.3) is 0 Å². The Bertz CT molecular complexity index is 890. The van der Waals surface area contributed by atoms with Crippen LogP contribution in [0.3, 0.4) is 0 Å². The van der Waals surface area contributed by atoms with Crippen LogP contribution in [0.2, 0.25) is 0 Å². The number of hydrazine groups is 1. The number of nitrogens with two attached hydrogens (primary N) is 3. The van der Waals surface area contributed by atoms with Crippen LogP contribution in [0.25, 0.3) is 0 Å². The van der Waals surface area contributed by atoms with Crippen LogP contribution in [-0.4, -0.2) is 17.7 Å². The Kier molecular flexibility index (Phi) is 6.13. The lowest BCUT2D eigenvalue weighted by Gasteiger charge is -2.24. The van der Waals surface area contributed by atoms with Gasteiger partial charge in [0, 0.05) is 31.4 Å². The number of aromatic nitrogens is 1. The second-order valence-electron chi connectivity index (χ2n) is 6.99. The molecule has 0 fully saturated rings. The molecule has 3 rings (SSSR count). The summed E-state index contributed by atoms with van der Waals surface area (Å²) in [6.07, 6.45) is 4.65. The Morgan fingerprint density at radius 3 is 2.93 bits per heavy atom. The standard InChI is InChI=1S/C20H28N8/c1-12-17-3-2-13(6-15(17)4-5-26-12)10-25-11-14(9-21)7-16-8-18(22)27-20(28-24)19(16)23/h2-3,6,8-9,11-12,21,25-26H,4-5,7,10,23-24H2,1H3,(H3,22,27,28)/b14-11-,21-9?. The maximum absolute atomic E-state index is 7.69. The van der Waals surface area contributed by atoms with Gasteiger partial charge in [-0.25, -0.2) is 10.8 Å². The first-order chi connectivity index (χ1) is 13.5. The maximum Gasteiger partial charge on any atom is 0.165 e. The van der Waals surface area contributed by atoms with Crippen molar-refractivity contribution < 1.29 is 0 Å². The van der Waals surface area contributed by atoms with Gasteiger partial charge in [0.05, 0.1) is 5.69 Å². The summed E-state index contributed by atoms with van der Waals surface area (Å²) in [6, 6.07) is 8.71. The minimum atomic E-state index is 0.326. The van der Waals surface area contributed by atoms with Crippen molar-refractivity contribution in [3.63, 3.8) is 0 Å². The van der Waals surface area contributed by atoms with Gasteiger partial charge in [-0.1, -0.05) is 18.2 Å². The lowest BCUT2D eigenvalue weighted by Crippen LogP contribution is -2.27. The third-order valence-corrected chi connectivity index (χ3v) is 4.99. The number of allylic oxidation sites excluding steroid dienone is 1. The smallest absolute Gasteiger partial charge is 0.165 e. The average molecular weight is 381 g/mol. The Morgan fingerprint density at radius 2 is 2.18 bits per heavy atom. The van der Waals surface area contributed by atoms with Gasteiger partial charge in [0.2, 0.25) is 0 Å². The summed E-state index contributed by atoms with van der Waals surface area (Å²) in [5, 5.41) is 14.5. The summed E-state index contributed by atoms with van der Waals surface area (Å²) in [6.45, 7) is 3.90. The molecule has 1 atom stereocenters. The second kappa shape index (κ2) is 8.73. The highest BCUT2D eigenvalue weighted by molar-refractivity contribution is 5.78. The summed E-state index contributed by atoms with van der Waals surface area (Å²) in [7, 11) is 0. The largest absolute Gasteiger partial charge is 0.395 e. The Morgan fingerprint density at radius 1 is 1.36 bits per heavy atom. The third kappa shape index (κ3) is 4.41. The first kappa shape index (κ1) is 19.7. The molecule has 0 spiro atoms. The molecule has 0 amide bonds. The molecule has 10 N–H and O–H groups in total. The van der Waals surface area contributed by atoms with Crippen molar-refractivity contribution in [3.05, 3.63) is 58.3 Å². The molecular weight excluding hydrogens is 352 g/mol. The quantitative estimate of drug-likeness (QED) is 0.219. The molecule has 0 aliphatic carbocycles. The zero-order valence-electron chi connectivity index (χ0n) is 16.0. The Hall–Kier alpha value is -3.10. The van der Waals surface area contributed by atoms with E-state index in [9.17, 15) is 0 Å². The second-order valence-corrected chi connectivity index (χ2v) is 6.99. The van der Waals surface area contributed by atoms with E-state index in [0.29, 0.717) is 36.3 Å². The Labute approximate surface area is 165 Å². The van der Waals surface area contributed by atoms with E-state index in [1.807, 2.05) is 6.20 Å². The molecule has 0 saturated carbocycles. The molecule has 148 valence electrons. The van der Waals surface area contributed by atoms with Crippen LogP contribution in [-0.2, 0) is 19.4 Å². The van der Waals surface area contributed by atoms with Crippen LogP contribution in [0.4, 0.5) is 17.3 Å². The Balaban J connectivity index is 1.68. The first-order valence-corrected chi connectivity index (χ1v) is 9.31. The van der Waals surface area contributed by atoms with E-state index in [1.165, 1.54) is 22.9 Å². The molecule has 0 saturated heterocycles. The summed E-state index contributed by atoms with van der Waals surface area (Å²) >= 11 is 0. The van der Waals surface area contributed by atoms with Gasteiger partial charge >= 0.3 is 0 Å². The third-order valence-electron chi connectivity index (χ3n) is 4.99. The van der Waals surface area contributed by atoms with Crippen LogP contribution in [0.5, 0.6) is 0 Å². The van der Waals surface area contributed by atoms with Crippen LogP contribution >= 0.6 is 0 Å². The van der Waals surface area contributed by atoms with E-state index in [1.54, 1.807) is 6.07 Å². The monoisotopic (exact) mass is 380 g/mol. The zero-order chi connectivity index (χ0) is 20.1. The van der Waals surface area contributed by atoms with Gasteiger partial charge in [-0.05, 0) is 53.8 Å². The van der Waals surface area contributed by atoms with Crippen molar-refractivity contribution in [1.82, 2.24) is 15.6 Å². The highest BCUT2D eigenvalue weighted by Gasteiger charge is 2.15. The number of fused-ring (bicyclic) bond motifs is 1. The molecule has 0 bridgehead atoms. The van der Waals surface area contributed by atoms with Crippen molar-refractivity contribution in [1.29, 1.82) is 5.41 Å². The normalized spacial score (nSPS) is 16.4. The number of rotatable bonds is 7. The fourth-order valence-electron chi connectivity index (χ4n) is 3.49. The lowest BCUT2D eigenvalue weighted by molar-refractivity contribution is 0.540. The van der Waals surface area contributed by atoms with Crippen LogP contribution in [0.15, 0.2) is 36.0 Å². The number of benzene rings is 1. The average Bonchev–Trinajstić information content (AvgIpc) is 2.69. The van der Waals surface area contributed by atoms with Crippen LogP contribution in [0.1, 0.15) is 35.2 Å². The summed E-state index contributed by atoms with van der Waals surface area (Å²) < 4.78 is 0. The molecule has 1 aliphatic rings. The van der Waals surface area contributed by atoms with E-state index in [2.05, 4.69) is 46.2 Å². The van der Waals surface area contributed by atoms with Crippen molar-refractivity contribution in [2.45, 2.75) is 32.4 Å². The topological polar surface area (TPSA) is 151 Å². The first-order valence-electron chi connectivity index (χ1n) is 9.31. The zero-order valence-corrected chi connectivity index (χ0v) is 16.0. The molecule has 8 heteroatoms. The van der Waals surface area contributed by atoms with Crippen molar-refractivity contribution >= 4 is 23.5 Å². The molecule has 8 nitrogen and oxygen atoms in total. The number of anilines is 3. The predicted molar refractivity (Wildman–Crippen MR) is 115 cm³/mol. The number of nitrogen functional groups attached to an aromatic ring is 3. The number of pyridine rings is 1. The van der Waals surface area contributed by atoms with E-state index < -0.39 is 0 Å². The molecular formula is C20H28N8. The molecule has 1 aliphatic heterocycles. The maximum atomic E-state index is 7.69. The van der Waals surface area contributed by atoms with Crippen LogP contribution in [0, 0.1) is 5.41 Å². The highest BCUT2D eigenvalue weighted by Crippen LogP contribution is 2.25. The summed E-state index contributed by atoms with van der Waals surface area (Å²) in [4.78, 5) is 4.05. The van der Waals surface area contributed by atoms with Crippen molar-refractivity contribution in [3.8, 4) is 0 Å². The number of hydrogen-bond donors (Lipinski definition) is 7. The number of hydrogen-bond acceptors (Lipinski definition) is 8. The fourth-order valence-corrected chi connectivity index (χ4v) is 3.49. The van der Waals surface area contributed by atoms with E-state index in [-0.39, 0.29) is 0 Å². The molecule has 1 unspecified atom stereocenters. The summed E-state index contributed by atoms with van der Waals surface area (Å²) in [5.41, 5.74) is 20.3. The fraction of sp³-hybridized carbons (Fsp3) is 0.300. The molecule has 0 radical (unpaired) electrons. The van der Waals surface area contributed by atoms with Gasteiger partial charge < -0.3 is 32.9 Å². The van der Waals surface area contributed by atoms with E-state index in [0.717, 1.165) is 24.1 Å². The van der Waals surface area contributed by atoms with E-state index >= 15 is 0 Å². The van der Waals surface area contributed by atoms with Gasteiger partial charge in [-0.3, -0.25) is 0 Å². The lowest BCUT2D eigenvalue weighted by atomic mass is 9.93. The van der Waals surface area contributed by atoms with Gasteiger partial charge in [-0.15, -0.1) is 0 Å². The number of nitrogens with zero attached hydrogens (tertiary/aromatic N) is 1. The number of nitrogens with one attached hydrogen (secondary N) is 4.